The van der Waals surface area contributed by atoms with E-state index in [-0.39, 0.29) is 11.9 Å². The molecule has 18 heavy (non-hydrogen) atoms. The molecule has 3 heteroatoms. The molecular weight excluding hydrogens is 224 g/mol. The molecule has 0 saturated heterocycles. The first kappa shape index (κ1) is 13.1. The van der Waals surface area contributed by atoms with Gasteiger partial charge >= 0.3 is 0 Å². The predicted octanol–water partition coefficient (Wildman–Crippen LogP) is 2.39. The Bertz CT molecular complexity index is 440. The topological polar surface area (TPSA) is 46.3 Å². The zero-order chi connectivity index (χ0) is 13.1. The third kappa shape index (κ3) is 2.72. The third-order valence-corrected chi connectivity index (χ3v) is 3.58. The molecule has 1 aliphatic heterocycles. The number of nitrogens with zero attached hydrogens (tertiary/aromatic N) is 1. The summed E-state index contributed by atoms with van der Waals surface area (Å²) in [5, 5.41) is 0. The Kier molecular flexibility index (Phi) is 4.02. The van der Waals surface area contributed by atoms with Gasteiger partial charge in [0.05, 0.1) is 0 Å². The van der Waals surface area contributed by atoms with E-state index in [1.54, 1.807) is 0 Å². The van der Waals surface area contributed by atoms with Crippen molar-refractivity contribution in [3.8, 4) is 0 Å². The lowest BCUT2D eigenvalue weighted by Gasteiger charge is -2.29. The fourth-order valence-corrected chi connectivity index (χ4v) is 2.45. The molecule has 0 bridgehead atoms. The molecular formula is C15H22N2O. The minimum absolute atomic E-state index is 0.0528. The van der Waals surface area contributed by atoms with Gasteiger partial charge in [-0.3, -0.25) is 4.79 Å². The fraction of sp³-hybridized carbons (Fsp3) is 0.533. The Hall–Kier alpha value is -1.35. The summed E-state index contributed by atoms with van der Waals surface area (Å²) in [5.74, 6) is 0.273. The second kappa shape index (κ2) is 5.53. The van der Waals surface area contributed by atoms with Crippen molar-refractivity contribution < 1.29 is 4.79 Å². The fourth-order valence-electron chi connectivity index (χ4n) is 2.45. The summed E-state index contributed by atoms with van der Waals surface area (Å²) in [6, 6.07) is 6.48. The first-order valence-corrected chi connectivity index (χ1v) is 6.77. The maximum Gasteiger partial charge on any atom is 0.222 e. The van der Waals surface area contributed by atoms with Gasteiger partial charge in [0, 0.05) is 25.6 Å². The molecule has 1 atom stereocenters. The molecule has 2 rings (SSSR count). The number of rotatable bonds is 3. The summed E-state index contributed by atoms with van der Waals surface area (Å²) in [5.41, 5.74) is 9.69. The molecule has 0 radical (unpaired) electrons. The Labute approximate surface area is 109 Å². The Morgan fingerprint density at radius 3 is 2.89 bits per heavy atom. The minimum atomic E-state index is 0.0528. The number of carbonyl (C=O) groups is 1. The van der Waals surface area contributed by atoms with Crippen molar-refractivity contribution in [2.75, 3.05) is 6.54 Å². The molecule has 0 fully saturated rings. The van der Waals surface area contributed by atoms with Crippen LogP contribution in [0.1, 0.15) is 49.4 Å². The van der Waals surface area contributed by atoms with E-state index in [4.69, 9.17) is 5.73 Å². The van der Waals surface area contributed by atoms with Crippen LogP contribution in [0.5, 0.6) is 0 Å². The molecule has 1 aromatic rings. The summed E-state index contributed by atoms with van der Waals surface area (Å²) >= 11 is 0. The lowest BCUT2D eigenvalue weighted by Crippen LogP contribution is -2.35. The molecule has 1 heterocycles. The number of amides is 1. The average Bonchev–Trinajstić information content (AvgIpc) is 2.37. The molecule has 98 valence electrons. The largest absolute Gasteiger partial charge is 0.338 e. The summed E-state index contributed by atoms with van der Waals surface area (Å²) in [7, 11) is 0. The molecule has 0 aliphatic carbocycles. The average molecular weight is 246 g/mol. The molecule has 1 unspecified atom stereocenters. The summed E-state index contributed by atoms with van der Waals surface area (Å²) in [6.45, 7) is 5.63. The number of hydrogen-bond acceptors (Lipinski definition) is 2. The van der Waals surface area contributed by atoms with E-state index in [1.807, 2.05) is 18.7 Å². The number of hydrogen-bond donors (Lipinski definition) is 1. The second-order valence-electron chi connectivity index (χ2n) is 5.13. The quantitative estimate of drug-likeness (QED) is 0.890. The van der Waals surface area contributed by atoms with Gasteiger partial charge in [0.25, 0.3) is 0 Å². The van der Waals surface area contributed by atoms with Crippen molar-refractivity contribution in [1.82, 2.24) is 4.90 Å². The van der Waals surface area contributed by atoms with Gasteiger partial charge in [-0.15, -0.1) is 0 Å². The SMILES string of the molecule is CCCC(=O)N1CCc2ccc(C(C)N)cc2C1. The molecule has 3 nitrogen and oxygen atoms in total. The second-order valence-corrected chi connectivity index (χ2v) is 5.13. The van der Waals surface area contributed by atoms with Crippen molar-refractivity contribution in [3.05, 3.63) is 34.9 Å². The maximum atomic E-state index is 11.9. The van der Waals surface area contributed by atoms with E-state index in [0.717, 1.165) is 31.5 Å². The monoisotopic (exact) mass is 246 g/mol. The van der Waals surface area contributed by atoms with Crippen LogP contribution in [0.15, 0.2) is 18.2 Å². The van der Waals surface area contributed by atoms with E-state index in [0.29, 0.717) is 6.42 Å². The van der Waals surface area contributed by atoms with Crippen LogP contribution < -0.4 is 5.73 Å². The van der Waals surface area contributed by atoms with Crippen molar-refractivity contribution in [2.24, 2.45) is 5.73 Å². The number of benzene rings is 1. The number of carbonyl (C=O) groups excluding carboxylic acids is 1. The number of nitrogens with two attached hydrogens (primary N) is 1. The molecule has 0 saturated carbocycles. The van der Waals surface area contributed by atoms with E-state index < -0.39 is 0 Å². The first-order chi connectivity index (χ1) is 8.61. The minimum Gasteiger partial charge on any atom is -0.338 e. The zero-order valence-electron chi connectivity index (χ0n) is 11.3. The Balaban J connectivity index is 2.16. The third-order valence-electron chi connectivity index (χ3n) is 3.58. The van der Waals surface area contributed by atoms with Gasteiger partial charge in [-0.2, -0.15) is 0 Å². The lowest BCUT2D eigenvalue weighted by molar-refractivity contribution is -0.132. The highest BCUT2D eigenvalue weighted by Crippen LogP contribution is 2.23. The van der Waals surface area contributed by atoms with E-state index in [9.17, 15) is 4.79 Å². The van der Waals surface area contributed by atoms with Gasteiger partial charge < -0.3 is 10.6 Å². The van der Waals surface area contributed by atoms with E-state index in [2.05, 4.69) is 18.2 Å². The zero-order valence-corrected chi connectivity index (χ0v) is 11.3. The summed E-state index contributed by atoms with van der Waals surface area (Å²) in [6.07, 6.45) is 2.54. The van der Waals surface area contributed by atoms with Gasteiger partial charge in [-0.1, -0.05) is 25.1 Å². The van der Waals surface area contributed by atoms with E-state index in [1.165, 1.54) is 11.1 Å². The van der Waals surface area contributed by atoms with Crippen molar-refractivity contribution in [1.29, 1.82) is 0 Å². The van der Waals surface area contributed by atoms with Crippen LogP contribution in [0.2, 0.25) is 0 Å². The number of fused-ring (bicyclic) bond motifs is 1. The summed E-state index contributed by atoms with van der Waals surface area (Å²) < 4.78 is 0. The molecule has 2 N–H and O–H groups in total. The molecule has 0 spiro atoms. The van der Waals surface area contributed by atoms with Crippen LogP contribution in [0.3, 0.4) is 0 Å². The maximum absolute atomic E-state index is 11.9. The van der Waals surface area contributed by atoms with Gasteiger partial charge in [-0.25, -0.2) is 0 Å². The highest BCUT2D eigenvalue weighted by molar-refractivity contribution is 5.76. The first-order valence-electron chi connectivity index (χ1n) is 6.77. The van der Waals surface area contributed by atoms with Crippen LogP contribution >= 0.6 is 0 Å². The molecule has 1 aromatic carbocycles. The van der Waals surface area contributed by atoms with Crippen molar-refractivity contribution >= 4 is 5.91 Å². The molecule has 0 aromatic heterocycles. The van der Waals surface area contributed by atoms with Gasteiger partial charge in [-0.05, 0) is 36.5 Å². The van der Waals surface area contributed by atoms with Crippen LogP contribution in [-0.4, -0.2) is 17.4 Å². The molecule has 1 amide bonds. The van der Waals surface area contributed by atoms with E-state index >= 15 is 0 Å². The van der Waals surface area contributed by atoms with Crippen LogP contribution in [0, 0.1) is 0 Å². The van der Waals surface area contributed by atoms with Crippen LogP contribution in [0.25, 0.3) is 0 Å². The van der Waals surface area contributed by atoms with Crippen LogP contribution in [-0.2, 0) is 17.8 Å². The van der Waals surface area contributed by atoms with Gasteiger partial charge in [0.15, 0.2) is 0 Å². The van der Waals surface area contributed by atoms with Gasteiger partial charge in [0.2, 0.25) is 5.91 Å². The van der Waals surface area contributed by atoms with Crippen molar-refractivity contribution in [3.63, 3.8) is 0 Å². The predicted molar refractivity (Wildman–Crippen MR) is 73.1 cm³/mol. The normalized spacial score (nSPS) is 16.3. The Morgan fingerprint density at radius 1 is 1.44 bits per heavy atom. The lowest BCUT2D eigenvalue weighted by atomic mass is 9.95. The molecule has 1 aliphatic rings. The highest BCUT2D eigenvalue weighted by Gasteiger charge is 2.20. The summed E-state index contributed by atoms with van der Waals surface area (Å²) in [4.78, 5) is 13.9. The standard InChI is InChI=1S/C15H22N2O/c1-3-4-15(18)17-8-7-12-5-6-13(11(2)16)9-14(12)10-17/h5-6,9,11H,3-4,7-8,10,16H2,1-2H3. The highest BCUT2D eigenvalue weighted by atomic mass is 16.2. The van der Waals surface area contributed by atoms with Gasteiger partial charge in [0.1, 0.15) is 0 Å². The van der Waals surface area contributed by atoms with Crippen molar-refractivity contribution in [2.45, 2.75) is 45.7 Å². The smallest absolute Gasteiger partial charge is 0.222 e. The van der Waals surface area contributed by atoms with Crippen LogP contribution in [0.4, 0.5) is 0 Å². The Morgan fingerprint density at radius 2 is 2.22 bits per heavy atom.